The second kappa shape index (κ2) is 8.10. The maximum atomic E-state index is 13.1. The summed E-state index contributed by atoms with van der Waals surface area (Å²) in [5, 5.41) is 15.3. The summed E-state index contributed by atoms with van der Waals surface area (Å²) in [5.41, 5.74) is 2.09. The number of para-hydroxylation sites is 3. The number of anilines is 1. The smallest absolute Gasteiger partial charge is 0.292 e. The molecule has 0 aliphatic rings. The summed E-state index contributed by atoms with van der Waals surface area (Å²) >= 11 is 12.1. The monoisotopic (exact) mass is 437 g/mol. The molecule has 148 valence electrons. The molecule has 0 aliphatic carbocycles. The van der Waals surface area contributed by atoms with Gasteiger partial charge in [0.05, 0.1) is 31.7 Å². The molecule has 0 spiro atoms. The Bertz CT molecular complexity index is 1310. The van der Waals surface area contributed by atoms with E-state index >= 15 is 0 Å². The zero-order valence-electron chi connectivity index (χ0n) is 15.3. The number of pyridine rings is 1. The highest BCUT2D eigenvalue weighted by Gasteiger charge is 2.19. The normalized spacial score (nSPS) is 10.7. The highest BCUT2D eigenvalue weighted by atomic mass is 35.5. The lowest BCUT2D eigenvalue weighted by Crippen LogP contribution is -2.14. The molecule has 1 aromatic heterocycles. The summed E-state index contributed by atoms with van der Waals surface area (Å²) in [6.45, 7) is 0. The molecule has 0 bridgehead atoms. The fourth-order valence-corrected chi connectivity index (χ4v) is 3.39. The van der Waals surface area contributed by atoms with Crippen LogP contribution in [0.3, 0.4) is 0 Å². The van der Waals surface area contributed by atoms with Gasteiger partial charge in [-0.15, -0.1) is 0 Å². The number of hydrogen-bond acceptors (Lipinski definition) is 4. The van der Waals surface area contributed by atoms with Gasteiger partial charge in [-0.3, -0.25) is 14.9 Å². The van der Waals surface area contributed by atoms with Crippen LogP contribution in [0.25, 0.3) is 22.2 Å². The Morgan fingerprint density at radius 1 is 0.933 bits per heavy atom. The van der Waals surface area contributed by atoms with Crippen molar-refractivity contribution in [1.82, 2.24) is 4.98 Å². The van der Waals surface area contributed by atoms with Gasteiger partial charge in [0.2, 0.25) is 0 Å². The Morgan fingerprint density at radius 3 is 2.43 bits per heavy atom. The van der Waals surface area contributed by atoms with Crippen LogP contribution in [0.1, 0.15) is 10.4 Å². The summed E-state index contributed by atoms with van der Waals surface area (Å²) in [5.74, 6) is -0.482. The Morgan fingerprint density at radius 2 is 1.67 bits per heavy atom. The maximum Gasteiger partial charge on any atom is 0.292 e. The third-order valence-corrected chi connectivity index (χ3v) is 5.26. The molecular formula is C22H13Cl2N3O3. The Hall–Kier alpha value is -3.48. The van der Waals surface area contributed by atoms with Gasteiger partial charge in [-0.1, -0.05) is 59.6 Å². The molecule has 0 saturated heterocycles. The standard InChI is InChI=1S/C22H13Cl2N3O3/c23-16-10-9-13(11-17(16)24)20-12-15(14-5-1-2-6-18(14)25-20)22(28)26-19-7-3-4-8-21(19)27(29)30/h1-12H,(H,26,28). The SMILES string of the molecule is O=C(Nc1ccccc1[N+](=O)[O-])c1cc(-c2ccc(Cl)c(Cl)c2)nc2ccccc12. The molecule has 3 aromatic carbocycles. The minimum atomic E-state index is -0.540. The predicted molar refractivity (Wildman–Crippen MR) is 118 cm³/mol. The Kier molecular flexibility index (Phi) is 5.35. The Labute approximate surface area is 181 Å². The topological polar surface area (TPSA) is 85.1 Å². The predicted octanol–water partition coefficient (Wildman–Crippen LogP) is 6.37. The van der Waals surface area contributed by atoms with Crippen LogP contribution in [0.4, 0.5) is 11.4 Å². The largest absolute Gasteiger partial charge is 0.316 e. The van der Waals surface area contributed by atoms with Gasteiger partial charge in [-0.05, 0) is 30.3 Å². The number of nitrogens with one attached hydrogen (secondary N) is 1. The van der Waals surface area contributed by atoms with Gasteiger partial charge in [0, 0.05) is 17.0 Å². The van der Waals surface area contributed by atoms with Gasteiger partial charge >= 0.3 is 0 Å². The molecule has 0 fully saturated rings. The maximum absolute atomic E-state index is 13.1. The van der Waals surface area contributed by atoms with Crippen LogP contribution < -0.4 is 5.32 Å². The van der Waals surface area contributed by atoms with Crippen LogP contribution in [-0.4, -0.2) is 15.8 Å². The van der Waals surface area contributed by atoms with E-state index in [0.717, 1.165) is 0 Å². The van der Waals surface area contributed by atoms with E-state index in [1.807, 2.05) is 6.07 Å². The van der Waals surface area contributed by atoms with E-state index in [9.17, 15) is 14.9 Å². The van der Waals surface area contributed by atoms with Crippen LogP contribution in [-0.2, 0) is 0 Å². The van der Waals surface area contributed by atoms with E-state index in [4.69, 9.17) is 23.2 Å². The molecule has 0 unspecified atom stereocenters. The third-order valence-electron chi connectivity index (χ3n) is 4.53. The zero-order chi connectivity index (χ0) is 21.3. The number of nitrogens with zero attached hydrogens (tertiary/aromatic N) is 2. The molecule has 0 aliphatic heterocycles. The highest BCUT2D eigenvalue weighted by molar-refractivity contribution is 6.42. The van der Waals surface area contributed by atoms with Crippen molar-refractivity contribution in [3.05, 3.63) is 98.5 Å². The van der Waals surface area contributed by atoms with Gasteiger partial charge in [0.25, 0.3) is 11.6 Å². The fourth-order valence-electron chi connectivity index (χ4n) is 3.09. The van der Waals surface area contributed by atoms with Crippen molar-refractivity contribution < 1.29 is 9.72 Å². The van der Waals surface area contributed by atoms with E-state index in [1.54, 1.807) is 48.5 Å². The molecular weight excluding hydrogens is 425 g/mol. The second-order valence-electron chi connectivity index (χ2n) is 6.43. The molecule has 4 rings (SSSR count). The summed E-state index contributed by atoms with van der Waals surface area (Å²) in [6, 6.07) is 19.9. The number of carbonyl (C=O) groups excluding carboxylic acids is 1. The summed E-state index contributed by atoms with van der Waals surface area (Å²) < 4.78 is 0. The third kappa shape index (κ3) is 3.83. The zero-order valence-corrected chi connectivity index (χ0v) is 16.8. The number of carbonyl (C=O) groups is 1. The quantitative estimate of drug-likeness (QED) is 0.296. The van der Waals surface area contributed by atoms with E-state index in [1.165, 1.54) is 18.2 Å². The van der Waals surface area contributed by atoms with E-state index in [-0.39, 0.29) is 11.4 Å². The lowest BCUT2D eigenvalue weighted by atomic mass is 10.0. The average Bonchev–Trinajstić information content (AvgIpc) is 2.75. The van der Waals surface area contributed by atoms with Gasteiger partial charge < -0.3 is 5.32 Å². The molecule has 0 radical (unpaired) electrons. The molecule has 1 heterocycles. The number of amides is 1. The summed E-state index contributed by atoms with van der Waals surface area (Å²) in [4.78, 5) is 28.5. The van der Waals surface area contributed by atoms with Crippen molar-refractivity contribution in [2.75, 3.05) is 5.32 Å². The number of hydrogen-bond donors (Lipinski definition) is 1. The number of halogens is 2. The van der Waals surface area contributed by atoms with Crippen LogP contribution in [0, 0.1) is 10.1 Å². The van der Waals surface area contributed by atoms with Gasteiger partial charge in [-0.25, -0.2) is 4.98 Å². The molecule has 0 atom stereocenters. The average molecular weight is 438 g/mol. The minimum absolute atomic E-state index is 0.115. The number of nitro groups is 1. The number of aromatic nitrogens is 1. The first-order valence-electron chi connectivity index (χ1n) is 8.84. The molecule has 1 N–H and O–H groups in total. The highest BCUT2D eigenvalue weighted by Crippen LogP contribution is 2.31. The van der Waals surface area contributed by atoms with E-state index in [0.29, 0.717) is 37.8 Å². The van der Waals surface area contributed by atoms with Crippen LogP contribution in [0.15, 0.2) is 72.8 Å². The van der Waals surface area contributed by atoms with Crippen LogP contribution in [0.2, 0.25) is 10.0 Å². The first kappa shape index (κ1) is 19.8. The summed E-state index contributed by atoms with van der Waals surface area (Å²) in [6.07, 6.45) is 0. The van der Waals surface area contributed by atoms with Crippen molar-refractivity contribution in [2.24, 2.45) is 0 Å². The van der Waals surface area contributed by atoms with E-state index < -0.39 is 10.8 Å². The van der Waals surface area contributed by atoms with Crippen molar-refractivity contribution in [2.45, 2.75) is 0 Å². The van der Waals surface area contributed by atoms with Gasteiger partial charge in [0.1, 0.15) is 5.69 Å². The van der Waals surface area contributed by atoms with Crippen molar-refractivity contribution in [3.63, 3.8) is 0 Å². The van der Waals surface area contributed by atoms with Gasteiger partial charge in [-0.2, -0.15) is 0 Å². The first-order chi connectivity index (χ1) is 14.4. The van der Waals surface area contributed by atoms with Gasteiger partial charge in [0.15, 0.2) is 0 Å². The lowest BCUT2D eigenvalue weighted by molar-refractivity contribution is -0.383. The molecule has 0 saturated carbocycles. The Balaban J connectivity index is 1.82. The molecule has 1 amide bonds. The first-order valence-corrected chi connectivity index (χ1v) is 9.59. The number of rotatable bonds is 4. The number of benzene rings is 3. The van der Waals surface area contributed by atoms with Crippen LogP contribution in [0.5, 0.6) is 0 Å². The molecule has 4 aromatic rings. The summed E-state index contributed by atoms with van der Waals surface area (Å²) in [7, 11) is 0. The van der Waals surface area contributed by atoms with E-state index in [2.05, 4.69) is 10.3 Å². The van der Waals surface area contributed by atoms with Crippen LogP contribution >= 0.6 is 23.2 Å². The number of fused-ring (bicyclic) bond motifs is 1. The van der Waals surface area contributed by atoms with Crippen molar-refractivity contribution in [3.8, 4) is 11.3 Å². The fraction of sp³-hybridized carbons (Fsp3) is 0. The lowest BCUT2D eigenvalue weighted by Gasteiger charge is -2.11. The minimum Gasteiger partial charge on any atom is -0.316 e. The van der Waals surface area contributed by atoms with Crippen molar-refractivity contribution >= 4 is 51.4 Å². The molecule has 8 heteroatoms. The molecule has 30 heavy (non-hydrogen) atoms. The number of nitro benzene ring substituents is 1. The molecule has 6 nitrogen and oxygen atoms in total. The van der Waals surface area contributed by atoms with Crippen molar-refractivity contribution in [1.29, 1.82) is 0 Å². The second-order valence-corrected chi connectivity index (χ2v) is 7.24.